The van der Waals surface area contributed by atoms with Crippen LogP contribution in [0.3, 0.4) is 0 Å². The van der Waals surface area contributed by atoms with Crippen LogP contribution >= 0.6 is 0 Å². The second-order valence-corrected chi connectivity index (χ2v) is 9.21. The molecule has 1 heterocycles. The third kappa shape index (κ3) is 7.27. The molecule has 0 aliphatic carbocycles. The first kappa shape index (κ1) is 27.8. The molecule has 3 amide bonds. The molecule has 192 valence electrons. The van der Waals surface area contributed by atoms with Crippen LogP contribution in [0.5, 0.6) is 0 Å². The number of nitrogens with one attached hydrogen (secondary N) is 4. The maximum Gasteiger partial charge on any atom is 0.326 e. The number of fused-ring (bicyclic) bond motifs is 1. The van der Waals surface area contributed by atoms with Gasteiger partial charge in [-0.2, -0.15) is 0 Å². The Kier molecular flexibility index (Phi) is 9.78. The molecule has 0 aliphatic rings. The fourth-order valence-electron chi connectivity index (χ4n) is 3.64. The SMILES string of the molecule is CC(C)C(NC(=O)C(Cc1c[nH]c2ccccc12)NC(=O)C(NC(=O)C(N)CO)C(C)C)C(=O)O. The minimum Gasteiger partial charge on any atom is -0.480 e. The first-order chi connectivity index (χ1) is 16.5. The predicted octanol–water partition coefficient (Wildman–Crippen LogP) is -0.119. The fourth-order valence-corrected chi connectivity index (χ4v) is 3.64. The van der Waals surface area contributed by atoms with E-state index in [1.165, 1.54) is 0 Å². The Hall–Kier alpha value is -3.44. The van der Waals surface area contributed by atoms with Crippen molar-refractivity contribution >= 4 is 34.6 Å². The summed E-state index contributed by atoms with van der Waals surface area (Å²) in [5, 5.41) is 27.2. The van der Waals surface area contributed by atoms with E-state index in [2.05, 4.69) is 20.9 Å². The van der Waals surface area contributed by atoms with Crippen molar-refractivity contribution in [3.63, 3.8) is 0 Å². The number of aliphatic hydroxyl groups excluding tert-OH is 1. The van der Waals surface area contributed by atoms with Gasteiger partial charge in [0.15, 0.2) is 0 Å². The van der Waals surface area contributed by atoms with Crippen LogP contribution in [-0.2, 0) is 25.6 Å². The molecule has 8 N–H and O–H groups in total. The number of hydrogen-bond acceptors (Lipinski definition) is 6. The second-order valence-electron chi connectivity index (χ2n) is 9.21. The molecule has 1 aromatic carbocycles. The highest BCUT2D eigenvalue weighted by Gasteiger charge is 2.32. The number of aliphatic carboxylic acids is 1. The number of aromatic amines is 1. The predicted molar refractivity (Wildman–Crippen MR) is 130 cm³/mol. The van der Waals surface area contributed by atoms with Gasteiger partial charge >= 0.3 is 5.97 Å². The summed E-state index contributed by atoms with van der Waals surface area (Å²) in [6.45, 7) is 6.17. The lowest BCUT2D eigenvalue weighted by Gasteiger charge is -2.27. The highest BCUT2D eigenvalue weighted by molar-refractivity contribution is 5.95. The van der Waals surface area contributed by atoms with Crippen LogP contribution in [0.15, 0.2) is 30.5 Å². The smallest absolute Gasteiger partial charge is 0.326 e. The van der Waals surface area contributed by atoms with Gasteiger partial charge in [0.05, 0.1) is 6.61 Å². The number of amides is 3. The molecule has 35 heavy (non-hydrogen) atoms. The van der Waals surface area contributed by atoms with Crippen LogP contribution in [0.1, 0.15) is 33.3 Å². The number of carboxylic acid groups (broad SMARTS) is 1. The summed E-state index contributed by atoms with van der Waals surface area (Å²) < 4.78 is 0. The van der Waals surface area contributed by atoms with Crippen molar-refractivity contribution in [2.24, 2.45) is 17.6 Å². The van der Waals surface area contributed by atoms with E-state index in [1.807, 2.05) is 24.3 Å². The minimum atomic E-state index is -1.20. The first-order valence-corrected chi connectivity index (χ1v) is 11.5. The van der Waals surface area contributed by atoms with Crippen LogP contribution in [0.4, 0.5) is 0 Å². The maximum absolute atomic E-state index is 13.2. The van der Waals surface area contributed by atoms with Gasteiger partial charge < -0.3 is 36.9 Å². The van der Waals surface area contributed by atoms with E-state index in [1.54, 1.807) is 33.9 Å². The van der Waals surface area contributed by atoms with Crippen LogP contribution < -0.4 is 21.7 Å². The van der Waals surface area contributed by atoms with Gasteiger partial charge in [0.2, 0.25) is 17.7 Å². The van der Waals surface area contributed by atoms with Crippen molar-refractivity contribution in [2.45, 2.75) is 58.3 Å². The Balaban J connectivity index is 2.32. The van der Waals surface area contributed by atoms with E-state index < -0.39 is 54.5 Å². The van der Waals surface area contributed by atoms with Crippen molar-refractivity contribution in [1.82, 2.24) is 20.9 Å². The van der Waals surface area contributed by atoms with Gasteiger partial charge in [0, 0.05) is 23.5 Å². The molecule has 4 unspecified atom stereocenters. The van der Waals surface area contributed by atoms with Crippen molar-refractivity contribution in [3.05, 3.63) is 36.0 Å². The van der Waals surface area contributed by atoms with Gasteiger partial charge in [-0.05, 0) is 23.5 Å². The summed E-state index contributed by atoms with van der Waals surface area (Å²) in [4.78, 5) is 53.3. The number of H-pyrrole nitrogens is 1. The Morgan fingerprint density at radius 1 is 0.914 bits per heavy atom. The summed E-state index contributed by atoms with van der Waals surface area (Å²) in [6.07, 6.45) is 1.82. The number of aliphatic hydroxyl groups is 1. The third-order valence-corrected chi connectivity index (χ3v) is 5.74. The molecule has 2 aromatic rings. The number of nitrogens with two attached hydrogens (primary N) is 1. The monoisotopic (exact) mass is 489 g/mol. The molecule has 0 saturated heterocycles. The summed E-state index contributed by atoms with van der Waals surface area (Å²) in [5.74, 6) is -3.92. The van der Waals surface area contributed by atoms with Gasteiger partial charge in [-0.1, -0.05) is 45.9 Å². The normalized spacial score (nSPS) is 14.9. The van der Waals surface area contributed by atoms with Crippen molar-refractivity contribution in [2.75, 3.05) is 6.61 Å². The summed E-state index contributed by atoms with van der Waals surface area (Å²) >= 11 is 0. The zero-order valence-electron chi connectivity index (χ0n) is 20.4. The zero-order valence-corrected chi connectivity index (χ0v) is 20.4. The van der Waals surface area contributed by atoms with Crippen molar-refractivity contribution in [3.8, 4) is 0 Å². The van der Waals surface area contributed by atoms with Crippen molar-refractivity contribution < 1.29 is 29.4 Å². The van der Waals surface area contributed by atoms with Gasteiger partial charge in [0.1, 0.15) is 24.2 Å². The number of carbonyl (C=O) groups excluding carboxylic acids is 3. The van der Waals surface area contributed by atoms with Crippen LogP contribution in [0.2, 0.25) is 0 Å². The maximum atomic E-state index is 13.2. The number of rotatable bonds is 12. The topological polar surface area (TPSA) is 187 Å². The zero-order chi connectivity index (χ0) is 26.3. The molecule has 0 spiro atoms. The quantitative estimate of drug-likeness (QED) is 0.216. The van der Waals surface area contributed by atoms with E-state index in [-0.39, 0.29) is 18.3 Å². The van der Waals surface area contributed by atoms with Crippen LogP contribution in [0, 0.1) is 11.8 Å². The largest absolute Gasteiger partial charge is 0.480 e. The summed E-state index contributed by atoms with van der Waals surface area (Å²) in [7, 11) is 0. The van der Waals surface area contributed by atoms with Crippen molar-refractivity contribution in [1.29, 1.82) is 0 Å². The molecule has 0 saturated carbocycles. The summed E-state index contributed by atoms with van der Waals surface area (Å²) in [5.41, 5.74) is 7.16. The number of hydrogen-bond donors (Lipinski definition) is 7. The highest BCUT2D eigenvalue weighted by atomic mass is 16.4. The highest BCUT2D eigenvalue weighted by Crippen LogP contribution is 2.19. The van der Waals surface area contributed by atoms with Gasteiger partial charge in [0.25, 0.3) is 0 Å². The van der Waals surface area contributed by atoms with Crippen LogP contribution in [0.25, 0.3) is 10.9 Å². The minimum absolute atomic E-state index is 0.0843. The lowest BCUT2D eigenvalue weighted by Crippen LogP contribution is -2.59. The Morgan fingerprint density at radius 3 is 2.09 bits per heavy atom. The number of para-hydroxylation sites is 1. The molecular formula is C24H35N5O6. The Morgan fingerprint density at radius 2 is 1.51 bits per heavy atom. The molecule has 0 radical (unpaired) electrons. The lowest BCUT2D eigenvalue weighted by atomic mass is 9.99. The van der Waals surface area contributed by atoms with Crippen LogP contribution in [-0.4, -0.2) is 69.7 Å². The standard InChI is InChI=1S/C24H35N5O6/c1-12(2)19(28-21(31)16(25)11-30)23(33)27-18(22(32)29-20(13(3)4)24(34)35)9-14-10-26-17-8-6-5-7-15(14)17/h5-8,10,12-13,16,18-20,26,30H,9,11,25H2,1-4H3,(H,27,33)(H,28,31)(H,29,32)(H,34,35). The van der Waals surface area contributed by atoms with Gasteiger partial charge in [-0.15, -0.1) is 0 Å². The lowest BCUT2D eigenvalue weighted by molar-refractivity contribution is -0.143. The number of carboxylic acids is 1. The average Bonchev–Trinajstić information content (AvgIpc) is 3.21. The molecule has 1 aromatic heterocycles. The molecule has 0 bridgehead atoms. The first-order valence-electron chi connectivity index (χ1n) is 11.5. The second kappa shape index (κ2) is 12.3. The number of aromatic nitrogens is 1. The number of carbonyl (C=O) groups is 4. The third-order valence-electron chi connectivity index (χ3n) is 5.74. The summed E-state index contributed by atoms with van der Waals surface area (Å²) in [6, 6.07) is 2.97. The Labute approximate surface area is 203 Å². The molecule has 0 aliphatic heterocycles. The molecule has 2 rings (SSSR count). The Bertz CT molecular complexity index is 1050. The van der Waals surface area contributed by atoms with E-state index in [9.17, 15) is 24.3 Å². The molecule has 0 fully saturated rings. The van der Waals surface area contributed by atoms with Gasteiger partial charge in [-0.25, -0.2) is 4.79 Å². The molecule has 4 atom stereocenters. The van der Waals surface area contributed by atoms with E-state index >= 15 is 0 Å². The molecule has 11 nitrogen and oxygen atoms in total. The van der Waals surface area contributed by atoms with E-state index in [0.29, 0.717) is 0 Å². The van der Waals surface area contributed by atoms with E-state index in [4.69, 9.17) is 10.8 Å². The fraction of sp³-hybridized carbons (Fsp3) is 0.500. The number of benzene rings is 1. The molecular weight excluding hydrogens is 454 g/mol. The molecule has 11 heteroatoms. The van der Waals surface area contributed by atoms with Gasteiger partial charge in [-0.3, -0.25) is 14.4 Å². The average molecular weight is 490 g/mol. The van der Waals surface area contributed by atoms with E-state index in [0.717, 1.165) is 16.5 Å².